The maximum absolute atomic E-state index is 11.9. The average Bonchev–Trinajstić information content (AvgIpc) is 2.30. The Balaban J connectivity index is 3.16. The fourth-order valence-corrected chi connectivity index (χ4v) is 2.94. The van der Waals surface area contributed by atoms with Gasteiger partial charge in [0.25, 0.3) is 0 Å². The largest absolute Gasteiger partial charge is 0.464 e. The number of rotatable bonds is 5. The zero-order valence-electron chi connectivity index (χ0n) is 11.0. The Morgan fingerprint density at radius 3 is 2.32 bits per heavy atom. The summed E-state index contributed by atoms with van der Waals surface area (Å²) >= 11 is 5.76. The van der Waals surface area contributed by atoms with Crippen LogP contribution >= 0.6 is 11.6 Å². The lowest BCUT2D eigenvalue weighted by Gasteiger charge is -2.27. The Kier molecular flexibility index (Phi) is 5.20. The maximum Gasteiger partial charge on any atom is 0.329 e. The predicted molar refractivity (Wildman–Crippen MR) is 74.9 cm³/mol. The van der Waals surface area contributed by atoms with Gasteiger partial charge in [-0.25, -0.2) is 13.2 Å². The topological polar surface area (TPSA) is 63.7 Å². The molecule has 0 heterocycles. The summed E-state index contributed by atoms with van der Waals surface area (Å²) < 4.78 is 29.6. The lowest BCUT2D eigenvalue weighted by atomic mass is 10.2. The number of hydrogen-bond donors (Lipinski definition) is 0. The van der Waals surface area contributed by atoms with Gasteiger partial charge >= 0.3 is 5.97 Å². The number of benzene rings is 1. The lowest BCUT2D eigenvalue weighted by Crippen LogP contribution is -2.43. The zero-order chi connectivity index (χ0) is 14.6. The van der Waals surface area contributed by atoms with E-state index in [-0.39, 0.29) is 6.61 Å². The van der Waals surface area contributed by atoms with Crippen LogP contribution < -0.4 is 4.31 Å². The molecule has 1 aromatic rings. The minimum atomic E-state index is -3.60. The van der Waals surface area contributed by atoms with Crippen LogP contribution in [-0.4, -0.2) is 33.3 Å². The van der Waals surface area contributed by atoms with E-state index in [4.69, 9.17) is 16.3 Å². The van der Waals surface area contributed by atoms with E-state index in [2.05, 4.69) is 0 Å². The summed E-state index contributed by atoms with van der Waals surface area (Å²) in [4.78, 5) is 11.7. The van der Waals surface area contributed by atoms with E-state index in [0.717, 1.165) is 10.6 Å². The number of ether oxygens (including phenoxy) is 1. The van der Waals surface area contributed by atoms with Gasteiger partial charge < -0.3 is 4.74 Å². The fraction of sp³-hybridized carbons (Fsp3) is 0.417. The first-order valence-electron chi connectivity index (χ1n) is 5.69. The average molecular weight is 306 g/mol. The summed E-state index contributed by atoms with van der Waals surface area (Å²) in [6.07, 6.45) is 1.04. The molecule has 0 fully saturated rings. The molecule has 0 radical (unpaired) electrons. The lowest BCUT2D eigenvalue weighted by molar-refractivity contribution is -0.144. The summed E-state index contributed by atoms with van der Waals surface area (Å²) in [6.45, 7) is 3.34. The molecule has 0 saturated carbocycles. The van der Waals surface area contributed by atoms with Crippen molar-refractivity contribution in [1.82, 2.24) is 0 Å². The van der Waals surface area contributed by atoms with Crippen LogP contribution in [0.2, 0.25) is 5.02 Å². The molecule has 0 N–H and O–H groups in total. The minimum Gasteiger partial charge on any atom is -0.464 e. The SMILES string of the molecule is CCOC(=O)C(C)N(c1ccc(Cl)cc1)S(C)(=O)=O. The van der Waals surface area contributed by atoms with Crippen molar-refractivity contribution in [1.29, 1.82) is 0 Å². The van der Waals surface area contributed by atoms with Gasteiger partial charge in [0.15, 0.2) is 0 Å². The molecule has 1 rings (SSSR count). The number of carbonyl (C=O) groups is 1. The highest BCUT2D eigenvalue weighted by atomic mass is 35.5. The molecule has 1 unspecified atom stereocenters. The van der Waals surface area contributed by atoms with Crippen LogP contribution in [0.15, 0.2) is 24.3 Å². The third-order valence-electron chi connectivity index (χ3n) is 2.42. The Morgan fingerprint density at radius 1 is 1.37 bits per heavy atom. The van der Waals surface area contributed by atoms with Gasteiger partial charge in [0.05, 0.1) is 18.6 Å². The normalized spacial score (nSPS) is 12.8. The van der Waals surface area contributed by atoms with E-state index in [1.54, 1.807) is 31.2 Å². The van der Waals surface area contributed by atoms with E-state index < -0.39 is 22.0 Å². The minimum absolute atomic E-state index is 0.196. The van der Waals surface area contributed by atoms with E-state index in [1.807, 2.05) is 0 Å². The van der Waals surface area contributed by atoms with Gasteiger partial charge in [0.2, 0.25) is 10.0 Å². The van der Waals surface area contributed by atoms with Crippen LogP contribution in [0.4, 0.5) is 5.69 Å². The van der Waals surface area contributed by atoms with Crippen LogP contribution in [0.3, 0.4) is 0 Å². The number of hydrogen-bond acceptors (Lipinski definition) is 4. The Morgan fingerprint density at radius 2 is 1.89 bits per heavy atom. The van der Waals surface area contributed by atoms with Crippen molar-refractivity contribution in [2.24, 2.45) is 0 Å². The quantitative estimate of drug-likeness (QED) is 0.781. The first-order valence-corrected chi connectivity index (χ1v) is 7.91. The summed E-state index contributed by atoms with van der Waals surface area (Å²) in [7, 11) is -3.60. The molecule has 5 nitrogen and oxygen atoms in total. The molecule has 0 aliphatic rings. The standard InChI is InChI=1S/C12H16ClNO4S/c1-4-18-12(15)9(2)14(19(3,16)17)11-7-5-10(13)6-8-11/h5-9H,4H2,1-3H3. The van der Waals surface area contributed by atoms with E-state index >= 15 is 0 Å². The highest BCUT2D eigenvalue weighted by Gasteiger charge is 2.29. The third kappa shape index (κ3) is 4.11. The Labute approximate surface area is 118 Å². The number of anilines is 1. The summed E-state index contributed by atoms with van der Waals surface area (Å²) in [6, 6.07) is 5.27. The summed E-state index contributed by atoms with van der Waals surface area (Å²) in [5.74, 6) is -0.595. The number of nitrogens with zero attached hydrogens (tertiary/aromatic N) is 1. The highest BCUT2D eigenvalue weighted by Crippen LogP contribution is 2.23. The second-order valence-electron chi connectivity index (χ2n) is 3.96. The molecular formula is C12H16ClNO4S. The van der Waals surface area contributed by atoms with Crippen LogP contribution in [0.5, 0.6) is 0 Å². The van der Waals surface area contributed by atoms with Gasteiger partial charge in [-0.05, 0) is 38.1 Å². The monoisotopic (exact) mass is 305 g/mol. The van der Waals surface area contributed by atoms with E-state index in [0.29, 0.717) is 10.7 Å². The second-order valence-corrected chi connectivity index (χ2v) is 6.26. The highest BCUT2D eigenvalue weighted by molar-refractivity contribution is 7.92. The van der Waals surface area contributed by atoms with Crippen LogP contribution in [0.1, 0.15) is 13.8 Å². The van der Waals surface area contributed by atoms with Crippen molar-refractivity contribution in [2.45, 2.75) is 19.9 Å². The molecule has 0 aliphatic heterocycles. The Bertz CT molecular complexity index is 541. The predicted octanol–water partition coefficient (Wildman–Crippen LogP) is 2.06. The Hall–Kier alpha value is -1.27. The van der Waals surface area contributed by atoms with Crippen molar-refractivity contribution in [3.63, 3.8) is 0 Å². The van der Waals surface area contributed by atoms with Gasteiger partial charge in [-0.1, -0.05) is 11.6 Å². The van der Waals surface area contributed by atoms with Crippen molar-refractivity contribution < 1.29 is 17.9 Å². The van der Waals surface area contributed by atoms with Crippen LogP contribution in [0.25, 0.3) is 0 Å². The van der Waals surface area contributed by atoms with Crippen LogP contribution in [-0.2, 0) is 19.6 Å². The molecule has 1 atom stereocenters. The molecule has 0 amide bonds. The van der Waals surface area contributed by atoms with Gasteiger partial charge in [0, 0.05) is 5.02 Å². The first kappa shape index (κ1) is 15.8. The number of esters is 1. The molecule has 7 heteroatoms. The van der Waals surface area contributed by atoms with Crippen molar-refractivity contribution in [2.75, 3.05) is 17.2 Å². The molecule has 0 aromatic heterocycles. The molecule has 1 aromatic carbocycles. The van der Waals surface area contributed by atoms with Gasteiger partial charge in [-0.3, -0.25) is 4.31 Å². The molecule has 0 spiro atoms. The smallest absolute Gasteiger partial charge is 0.329 e. The molecule has 19 heavy (non-hydrogen) atoms. The van der Waals surface area contributed by atoms with Crippen molar-refractivity contribution >= 4 is 33.3 Å². The molecular weight excluding hydrogens is 290 g/mol. The molecule has 0 bridgehead atoms. The summed E-state index contributed by atoms with van der Waals surface area (Å²) in [5.41, 5.74) is 0.368. The fourth-order valence-electron chi connectivity index (χ4n) is 1.65. The van der Waals surface area contributed by atoms with Crippen molar-refractivity contribution in [3.05, 3.63) is 29.3 Å². The number of carbonyl (C=O) groups excluding carboxylic acids is 1. The molecule has 0 aliphatic carbocycles. The van der Waals surface area contributed by atoms with Gasteiger partial charge in [-0.15, -0.1) is 0 Å². The summed E-state index contributed by atoms with van der Waals surface area (Å²) in [5, 5.41) is 0.487. The molecule has 0 saturated heterocycles. The van der Waals surface area contributed by atoms with Crippen LogP contribution in [0, 0.1) is 0 Å². The second kappa shape index (κ2) is 6.25. The number of halogens is 1. The first-order chi connectivity index (χ1) is 8.77. The van der Waals surface area contributed by atoms with Gasteiger partial charge in [-0.2, -0.15) is 0 Å². The third-order valence-corrected chi connectivity index (χ3v) is 3.91. The number of sulfonamides is 1. The van der Waals surface area contributed by atoms with E-state index in [1.165, 1.54) is 6.92 Å². The van der Waals surface area contributed by atoms with Gasteiger partial charge in [0.1, 0.15) is 6.04 Å². The maximum atomic E-state index is 11.9. The zero-order valence-corrected chi connectivity index (χ0v) is 12.5. The van der Waals surface area contributed by atoms with E-state index in [9.17, 15) is 13.2 Å². The van der Waals surface area contributed by atoms with Crippen molar-refractivity contribution in [3.8, 4) is 0 Å². The molecule has 106 valence electrons.